The Balaban J connectivity index is 2.64. The lowest BCUT2D eigenvalue weighted by molar-refractivity contribution is 0.323. The summed E-state index contributed by atoms with van der Waals surface area (Å²) in [6.07, 6.45) is 2.63. The van der Waals surface area contributed by atoms with Gasteiger partial charge < -0.3 is 5.32 Å². The second-order valence-corrected chi connectivity index (χ2v) is 5.87. The molecule has 0 unspecified atom stereocenters. The molecule has 1 heterocycles. The SMILES string of the molecule is CCNCC(C)(C)Cc1ncnn1CC(C)C. The fraction of sp³-hybridized carbons (Fsp3) is 0.846. The predicted octanol–water partition coefficient (Wildman–Crippen LogP) is 2.11. The standard InChI is InChI=1S/C13H26N4/c1-6-14-9-13(4,5)7-12-15-10-16-17(12)8-11(2)3/h10-11,14H,6-9H2,1-5H3. The van der Waals surface area contributed by atoms with Crippen LogP contribution in [0.15, 0.2) is 6.33 Å². The van der Waals surface area contributed by atoms with Crippen molar-refractivity contribution in [1.82, 2.24) is 20.1 Å². The molecule has 0 aliphatic heterocycles. The number of hydrogen-bond donors (Lipinski definition) is 1. The first kappa shape index (κ1) is 14.2. The predicted molar refractivity (Wildman–Crippen MR) is 70.9 cm³/mol. The first-order valence-electron chi connectivity index (χ1n) is 6.52. The molecule has 0 aliphatic rings. The second-order valence-electron chi connectivity index (χ2n) is 5.87. The van der Waals surface area contributed by atoms with Crippen LogP contribution in [0.2, 0.25) is 0 Å². The van der Waals surface area contributed by atoms with Crippen LogP contribution in [0.1, 0.15) is 40.4 Å². The molecule has 0 saturated carbocycles. The zero-order chi connectivity index (χ0) is 12.9. The van der Waals surface area contributed by atoms with E-state index in [-0.39, 0.29) is 5.41 Å². The molecule has 0 aliphatic carbocycles. The van der Waals surface area contributed by atoms with Gasteiger partial charge in [0.2, 0.25) is 0 Å². The van der Waals surface area contributed by atoms with E-state index in [0.29, 0.717) is 5.92 Å². The molecule has 0 aromatic carbocycles. The van der Waals surface area contributed by atoms with Crippen molar-refractivity contribution in [3.8, 4) is 0 Å². The van der Waals surface area contributed by atoms with E-state index < -0.39 is 0 Å². The third kappa shape index (κ3) is 4.86. The first-order chi connectivity index (χ1) is 7.94. The molecule has 1 aromatic heterocycles. The Hall–Kier alpha value is -0.900. The van der Waals surface area contributed by atoms with Crippen LogP contribution >= 0.6 is 0 Å². The molecule has 0 amide bonds. The van der Waals surface area contributed by atoms with Gasteiger partial charge in [0, 0.05) is 19.5 Å². The van der Waals surface area contributed by atoms with Crippen molar-refractivity contribution in [3.63, 3.8) is 0 Å². The summed E-state index contributed by atoms with van der Waals surface area (Å²) in [6.45, 7) is 14.1. The number of rotatable bonds is 7. The molecular formula is C13H26N4. The van der Waals surface area contributed by atoms with Gasteiger partial charge in [-0.25, -0.2) is 9.67 Å². The minimum Gasteiger partial charge on any atom is -0.316 e. The third-order valence-corrected chi connectivity index (χ3v) is 2.72. The Bertz CT molecular complexity index is 328. The lowest BCUT2D eigenvalue weighted by atomic mass is 9.89. The van der Waals surface area contributed by atoms with Gasteiger partial charge in [-0.2, -0.15) is 5.10 Å². The van der Waals surface area contributed by atoms with E-state index in [0.717, 1.165) is 31.9 Å². The molecule has 4 nitrogen and oxygen atoms in total. The van der Waals surface area contributed by atoms with Crippen LogP contribution in [0.3, 0.4) is 0 Å². The highest BCUT2D eigenvalue weighted by molar-refractivity contribution is 4.91. The number of hydrogen-bond acceptors (Lipinski definition) is 3. The van der Waals surface area contributed by atoms with E-state index >= 15 is 0 Å². The molecule has 0 fully saturated rings. The van der Waals surface area contributed by atoms with E-state index in [2.05, 4.69) is 50.0 Å². The Kier molecular flexibility index (Phi) is 5.12. The summed E-state index contributed by atoms with van der Waals surface area (Å²) in [4.78, 5) is 4.39. The summed E-state index contributed by atoms with van der Waals surface area (Å²) in [6, 6.07) is 0. The van der Waals surface area contributed by atoms with Crippen LogP contribution in [0.4, 0.5) is 0 Å². The quantitative estimate of drug-likeness (QED) is 0.791. The molecule has 0 atom stereocenters. The van der Waals surface area contributed by atoms with Crippen LogP contribution in [0.5, 0.6) is 0 Å². The minimum absolute atomic E-state index is 0.220. The summed E-state index contributed by atoms with van der Waals surface area (Å²) < 4.78 is 2.04. The summed E-state index contributed by atoms with van der Waals surface area (Å²) >= 11 is 0. The fourth-order valence-corrected chi connectivity index (χ4v) is 1.88. The van der Waals surface area contributed by atoms with Gasteiger partial charge in [-0.15, -0.1) is 0 Å². The van der Waals surface area contributed by atoms with Crippen molar-refractivity contribution in [2.75, 3.05) is 13.1 Å². The van der Waals surface area contributed by atoms with Crippen molar-refractivity contribution in [2.24, 2.45) is 11.3 Å². The van der Waals surface area contributed by atoms with Gasteiger partial charge in [0.1, 0.15) is 12.2 Å². The topological polar surface area (TPSA) is 42.7 Å². The number of nitrogens with one attached hydrogen (secondary N) is 1. The smallest absolute Gasteiger partial charge is 0.138 e. The maximum Gasteiger partial charge on any atom is 0.138 e. The highest BCUT2D eigenvalue weighted by atomic mass is 15.3. The van der Waals surface area contributed by atoms with Crippen molar-refractivity contribution < 1.29 is 0 Å². The van der Waals surface area contributed by atoms with Crippen molar-refractivity contribution in [3.05, 3.63) is 12.2 Å². The highest BCUT2D eigenvalue weighted by Crippen LogP contribution is 2.19. The molecule has 98 valence electrons. The van der Waals surface area contributed by atoms with E-state index in [4.69, 9.17) is 0 Å². The van der Waals surface area contributed by atoms with E-state index in [1.807, 2.05) is 4.68 Å². The van der Waals surface area contributed by atoms with Crippen LogP contribution in [-0.2, 0) is 13.0 Å². The van der Waals surface area contributed by atoms with E-state index in [1.165, 1.54) is 0 Å². The molecule has 0 saturated heterocycles. The Morgan fingerprint density at radius 1 is 1.41 bits per heavy atom. The summed E-state index contributed by atoms with van der Waals surface area (Å²) in [5, 5.41) is 7.71. The number of nitrogens with zero attached hydrogens (tertiary/aromatic N) is 3. The van der Waals surface area contributed by atoms with Gasteiger partial charge in [-0.3, -0.25) is 0 Å². The molecule has 0 spiro atoms. The maximum atomic E-state index is 4.39. The monoisotopic (exact) mass is 238 g/mol. The van der Waals surface area contributed by atoms with Gasteiger partial charge in [-0.05, 0) is 17.9 Å². The van der Waals surface area contributed by atoms with Crippen molar-refractivity contribution in [1.29, 1.82) is 0 Å². The van der Waals surface area contributed by atoms with E-state index in [9.17, 15) is 0 Å². The fourth-order valence-electron chi connectivity index (χ4n) is 1.88. The average molecular weight is 238 g/mol. The van der Waals surface area contributed by atoms with E-state index in [1.54, 1.807) is 6.33 Å². The number of aromatic nitrogens is 3. The summed E-state index contributed by atoms with van der Waals surface area (Å²) in [7, 11) is 0. The molecule has 0 radical (unpaired) electrons. The largest absolute Gasteiger partial charge is 0.316 e. The zero-order valence-electron chi connectivity index (χ0n) is 11.8. The van der Waals surface area contributed by atoms with Crippen LogP contribution in [0.25, 0.3) is 0 Å². The van der Waals surface area contributed by atoms with Gasteiger partial charge in [0.15, 0.2) is 0 Å². The molecule has 1 aromatic rings. The van der Waals surface area contributed by atoms with Crippen molar-refractivity contribution >= 4 is 0 Å². The maximum absolute atomic E-state index is 4.39. The van der Waals surface area contributed by atoms with Crippen LogP contribution in [0, 0.1) is 11.3 Å². The lowest BCUT2D eigenvalue weighted by Crippen LogP contribution is -2.32. The Labute approximate surface area is 105 Å². The lowest BCUT2D eigenvalue weighted by Gasteiger charge is -2.24. The summed E-state index contributed by atoms with van der Waals surface area (Å²) in [5.41, 5.74) is 0.220. The van der Waals surface area contributed by atoms with Crippen LogP contribution in [-0.4, -0.2) is 27.9 Å². The van der Waals surface area contributed by atoms with Gasteiger partial charge >= 0.3 is 0 Å². The Morgan fingerprint density at radius 2 is 2.12 bits per heavy atom. The molecule has 17 heavy (non-hydrogen) atoms. The molecule has 1 rings (SSSR count). The minimum atomic E-state index is 0.220. The Morgan fingerprint density at radius 3 is 2.71 bits per heavy atom. The normalized spacial score (nSPS) is 12.4. The molecule has 1 N–H and O–H groups in total. The highest BCUT2D eigenvalue weighted by Gasteiger charge is 2.21. The van der Waals surface area contributed by atoms with Gasteiger partial charge in [-0.1, -0.05) is 34.6 Å². The van der Waals surface area contributed by atoms with Crippen LogP contribution < -0.4 is 5.32 Å². The van der Waals surface area contributed by atoms with Gasteiger partial charge in [0.05, 0.1) is 0 Å². The first-order valence-corrected chi connectivity index (χ1v) is 6.52. The molecule has 0 bridgehead atoms. The average Bonchev–Trinajstić information content (AvgIpc) is 2.61. The second kappa shape index (κ2) is 6.15. The third-order valence-electron chi connectivity index (χ3n) is 2.72. The molecule has 4 heteroatoms. The molecular weight excluding hydrogens is 212 g/mol. The summed E-state index contributed by atoms with van der Waals surface area (Å²) in [5.74, 6) is 1.70. The van der Waals surface area contributed by atoms with Crippen molar-refractivity contribution in [2.45, 2.75) is 47.6 Å². The van der Waals surface area contributed by atoms with Gasteiger partial charge in [0.25, 0.3) is 0 Å². The zero-order valence-corrected chi connectivity index (χ0v) is 11.8.